The Morgan fingerprint density at radius 1 is 0.920 bits per heavy atom. The molecule has 0 saturated heterocycles. The first-order chi connectivity index (χ1) is 12.0. The topological polar surface area (TPSA) is 8.81 Å². The highest BCUT2D eigenvalue weighted by Gasteiger charge is 2.32. The molecule has 2 aromatic heterocycles. The minimum Gasteiger partial charge on any atom is -0.308 e. The van der Waals surface area contributed by atoms with E-state index in [4.69, 9.17) is 0 Å². The predicted molar refractivity (Wildman–Crippen MR) is 103 cm³/mol. The van der Waals surface area contributed by atoms with Gasteiger partial charge >= 0.3 is 0 Å². The summed E-state index contributed by atoms with van der Waals surface area (Å²) in [5.41, 5.74) is 9.70. The van der Waals surface area contributed by atoms with Crippen LogP contribution in [0.4, 0.5) is 0 Å². The molecule has 0 fully saturated rings. The number of aromatic nitrogens is 2. The molecule has 0 N–H and O–H groups in total. The average molecular weight is 331 g/mol. The number of pyridine rings is 1. The molecule has 25 heavy (non-hydrogen) atoms. The molecule has 2 nitrogen and oxygen atoms in total. The van der Waals surface area contributed by atoms with Crippen LogP contribution in [0, 0.1) is 6.92 Å². The van der Waals surface area contributed by atoms with E-state index in [1.54, 1.807) is 0 Å². The second-order valence-corrected chi connectivity index (χ2v) is 7.80. The summed E-state index contributed by atoms with van der Waals surface area (Å²) in [5, 5.41) is 0. The van der Waals surface area contributed by atoms with Crippen molar-refractivity contribution in [1.29, 1.82) is 0 Å². The highest BCUT2D eigenvalue weighted by Crippen LogP contribution is 2.38. The molecule has 0 atom stereocenters. The third kappa shape index (κ3) is 2.43. The lowest BCUT2D eigenvalue weighted by Gasteiger charge is -2.22. The molecule has 3 heterocycles. The Kier molecular flexibility index (Phi) is 3.79. The van der Waals surface area contributed by atoms with Gasteiger partial charge in [-0.1, -0.05) is 45.9 Å². The van der Waals surface area contributed by atoms with E-state index in [1.807, 2.05) is 0 Å². The maximum absolute atomic E-state index is 2.51. The molecule has 128 valence electrons. The maximum atomic E-state index is 2.51. The van der Waals surface area contributed by atoms with Crippen LogP contribution in [0.15, 0.2) is 48.7 Å². The fourth-order valence-corrected chi connectivity index (χ4v) is 4.18. The molecular weight excluding hydrogens is 304 g/mol. The van der Waals surface area contributed by atoms with E-state index in [0.29, 0.717) is 11.8 Å². The molecule has 0 spiro atoms. The van der Waals surface area contributed by atoms with Gasteiger partial charge < -0.3 is 4.57 Å². The van der Waals surface area contributed by atoms with Crippen molar-refractivity contribution in [2.24, 2.45) is 0 Å². The molecule has 0 saturated carbocycles. The van der Waals surface area contributed by atoms with Crippen LogP contribution in [0.2, 0.25) is 0 Å². The second kappa shape index (κ2) is 5.87. The number of rotatable bonds is 3. The van der Waals surface area contributed by atoms with Gasteiger partial charge in [-0.2, -0.15) is 4.57 Å². The Balaban J connectivity index is 2.07. The normalized spacial score (nSPS) is 12.8. The van der Waals surface area contributed by atoms with Crippen molar-refractivity contribution in [2.75, 3.05) is 0 Å². The molecule has 0 bridgehead atoms. The summed E-state index contributed by atoms with van der Waals surface area (Å²) < 4.78 is 4.87. The number of fused-ring (bicyclic) bond motifs is 3. The summed E-state index contributed by atoms with van der Waals surface area (Å²) in [7, 11) is 0. The summed E-state index contributed by atoms with van der Waals surface area (Å²) in [6.07, 6.45) is 2.19. The van der Waals surface area contributed by atoms with Crippen LogP contribution in [0.25, 0.3) is 17.1 Å². The van der Waals surface area contributed by atoms with Crippen LogP contribution < -0.4 is 4.57 Å². The molecule has 1 aliphatic heterocycles. The Labute approximate surface area is 150 Å². The maximum Gasteiger partial charge on any atom is 0.230 e. The summed E-state index contributed by atoms with van der Waals surface area (Å²) in [4.78, 5) is 0. The lowest BCUT2D eigenvalue weighted by Crippen LogP contribution is -2.31. The van der Waals surface area contributed by atoms with Crippen LogP contribution >= 0.6 is 0 Å². The van der Waals surface area contributed by atoms with Gasteiger partial charge in [0, 0.05) is 23.4 Å². The van der Waals surface area contributed by atoms with Crippen LogP contribution in [0.3, 0.4) is 0 Å². The molecule has 0 amide bonds. The van der Waals surface area contributed by atoms with Crippen molar-refractivity contribution in [1.82, 2.24) is 4.57 Å². The van der Waals surface area contributed by atoms with Gasteiger partial charge in [-0.15, -0.1) is 0 Å². The van der Waals surface area contributed by atoms with Gasteiger partial charge in [0.05, 0.1) is 5.69 Å². The number of para-hydroxylation sites is 1. The molecular formula is C23H27N2+. The standard InChI is InChI=1S/C23H27N2/c1-15(2)19-9-8-10-20(16(3)4)23(19)25-17(5)13-18-14-24-12-7-6-11-21(24)22(18)25/h6-13,15-16H,14H2,1-5H3/q+1. The summed E-state index contributed by atoms with van der Waals surface area (Å²) in [6, 6.07) is 15.7. The van der Waals surface area contributed by atoms with Crippen molar-refractivity contribution < 1.29 is 4.57 Å². The van der Waals surface area contributed by atoms with Gasteiger partial charge in [0.1, 0.15) is 5.69 Å². The predicted octanol–water partition coefficient (Wildman–Crippen LogP) is 5.35. The van der Waals surface area contributed by atoms with Gasteiger partial charge in [0.2, 0.25) is 5.69 Å². The Bertz CT molecular complexity index is 918. The van der Waals surface area contributed by atoms with Crippen molar-refractivity contribution in [3.63, 3.8) is 0 Å². The highest BCUT2D eigenvalue weighted by molar-refractivity contribution is 5.67. The van der Waals surface area contributed by atoms with Crippen molar-refractivity contribution in [3.8, 4) is 17.1 Å². The van der Waals surface area contributed by atoms with Gasteiger partial charge in [-0.05, 0) is 42.0 Å². The summed E-state index contributed by atoms with van der Waals surface area (Å²) >= 11 is 0. The Hall–Kier alpha value is -2.35. The van der Waals surface area contributed by atoms with Crippen molar-refractivity contribution in [3.05, 3.63) is 71.0 Å². The minimum atomic E-state index is 0.496. The molecule has 1 aliphatic rings. The molecule has 0 aliphatic carbocycles. The Morgan fingerprint density at radius 2 is 1.60 bits per heavy atom. The van der Waals surface area contributed by atoms with E-state index in [9.17, 15) is 0 Å². The monoisotopic (exact) mass is 331 g/mol. The lowest BCUT2D eigenvalue weighted by atomic mass is 9.92. The SMILES string of the molecule is Cc1cc2c(n1-c1c(C(C)C)cccc1C(C)C)-c1cccc[n+]1C2. The number of nitrogens with zero attached hydrogens (tertiary/aromatic N) is 2. The van der Waals surface area contributed by atoms with E-state index < -0.39 is 0 Å². The summed E-state index contributed by atoms with van der Waals surface area (Å²) in [6.45, 7) is 12.4. The zero-order chi connectivity index (χ0) is 17.7. The average Bonchev–Trinajstić information content (AvgIpc) is 3.08. The summed E-state index contributed by atoms with van der Waals surface area (Å²) in [5.74, 6) is 0.992. The molecule has 2 heteroatoms. The van der Waals surface area contributed by atoms with Crippen LogP contribution in [-0.4, -0.2) is 4.57 Å². The molecule has 3 aromatic rings. The third-order valence-electron chi connectivity index (χ3n) is 5.35. The first-order valence-corrected chi connectivity index (χ1v) is 9.32. The minimum absolute atomic E-state index is 0.496. The number of hydrogen-bond acceptors (Lipinski definition) is 0. The lowest BCUT2D eigenvalue weighted by molar-refractivity contribution is -0.672. The quantitative estimate of drug-likeness (QED) is 0.448. The zero-order valence-corrected chi connectivity index (χ0v) is 15.9. The zero-order valence-electron chi connectivity index (χ0n) is 15.9. The van der Waals surface area contributed by atoms with E-state index in [1.165, 1.54) is 39.5 Å². The van der Waals surface area contributed by atoms with Gasteiger partial charge in [0.15, 0.2) is 12.7 Å². The fourth-order valence-electron chi connectivity index (χ4n) is 4.18. The van der Waals surface area contributed by atoms with Gasteiger partial charge in [-0.25, -0.2) is 0 Å². The Morgan fingerprint density at radius 3 is 2.24 bits per heavy atom. The smallest absolute Gasteiger partial charge is 0.230 e. The number of benzene rings is 1. The highest BCUT2D eigenvalue weighted by atomic mass is 15.1. The third-order valence-corrected chi connectivity index (χ3v) is 5.35. The van der Waals surface area contributed by atoms with E-state index in [-0.39, 0.29) is 0 Å². The first kappa shape index (κ1) is 16.1. The van der Waals surface area contributed by atoms with Gasteiger partial charge in [0.25, 0.3) is 0 Å². The molecule has 0 radical (unpaired) electrons. The molecule has 0 unspecified atom stereocenters. The van der Waals surface area contributed by atoms with E-state index >= 15 is 0 Å². The number of hydrogen-bond donors (Lipinski definition) is 0. The molecule has 4 rings (SSSR count). The van der Waals surface area contributed by atoms with Crippen LogP contribution in [-0.2, 0) is 6.54 Å². The van der Waals surface area contributed by atoms with E-state index in [0.717, 1.165) is 6.54 Å². The molecule has 1 aromatic carbocycles. The first-order valence-electron chi connectivity index (χ1n) is 9.32. The van der Waals surface area contributed by atoms with E-state index in [2.05, 4.69) is 92.4 Å². The van der Waals surface area contributed by atoms with Crippen LogP contribution in [0.1, 0.15) is 61.9 Å². The van der Waals surface area contributed by atoms with Crippen molar-refractivity contribution in [2.45, 2.75) is 53.0 Å². The second-order valence-electron chi connectivity index (χ2n) is 7.80. The van der Waals surface area contributed by atoms with Crippen LogP contribution in [0.5, 0.6) is 0 Å². The van der Waals surface area contributed by atoms with Crippen molar-refractivity contribution >= 4 is 0 Å². The number of aryl methyl sites for hydroxylation is 1. The largest absolute Gasteiger partial charge is 0.308 e. The van der Waals surface area contributed by atoms with Gasteiger partial charge in [-0.3, -0.25) is 0 Å². The fraction of sp³-hybridized carbons (Fsp3) is 0.348.